The summed E-state index contributed by atoms with van der Waals surface area (Å²) in [5.74, 6) is 0.446. The number of sulfonamides is 1. The van der Waals surface area contributed by atoms with Gasteiger partial charge in [0.15, 0.2) is 0 Å². The molecule has 0 spiro atoms. The van der Waals surface area contributed by atoms with E-state index in [1.807, 2.05) is 20.0 Å². The Bertz CT molecular complexity index is 1010. The molecule has 0 saturated carbocycles. The van der Waals surface area contributed by atoms with Gasteiger partial charge >= 0.3 is 0 Å². The van der Waals surface area contributed by atoms with Gasteiger partial charge in [0.05, 0.1) is 4.90 Å². The average molecular weight is 481 g/mol. The van der Waals surface area contributed by atoms with Crippen LogP contribution < -0.4 is 10.6 Å². The SMILES string of the molecule is CNCc1cc(C(=O)NCCCCC2CCN(S(=O)(=O)c3cccc(Cl)c3)CC2)[nH]c1C. The molecule has 1 aromatic carbocycles. The number of hydrogen-bond donors (Lipinski definition) is 3. The molecule has 7 nitrogen and oxygen atoms in total. The van der Waals surface area contributed by atoms with Gasteiger partial charge in [-0.2, -0.15) is 4.31 Å². The zero-order chi connectivity index (χ0) is 23.1. The number of unbranched alkanes of at least 4 members (excludes halogenated alkanes) is 1. The maximum atomic E-state index is 12.8. The van der Waals surface area contributed by atoms with Crippen molar-refractivity contribution < 1.29 is 13.2 Å². The van der Waals surface area contributed by atoms with Gasteiger partial charge in [0.1, 0.15) is 5.69 Å². The van der Waals surface area contributed by atoms with Crippen LogP contribution in [0.2, 0.25) is 5.02 Å². The molecule has 3 rings (SSSR count). The highest BCUT2D eigenvalue weighted by Crippen LogP contribution is 2.27. The van der Waals surface area contributed by atoms with E-state index in [1.54, 1.807) is 22.5 Å². The number of rotatable bonds is 10. The zero-order valence-electron chi connectivity index (χ0n) is 18.8. The quantitative estimate of drug-likeness (QED) is 0.452. The maximum Gasteiger partial charge on any atom is 0.267 e. The van der Waals surface area contributed by atoms with Crippen molar-refractivity contribution in [3.8, 4) is 0 Å². The molecule has 3 N–H and O–H groups in total. The van der Waals surface area contributed by atoms with E-state index in [0.29, 0.717) is 36.3 Å². The van der Waals surface area contributed by atoms with Crippen LogP contribution in [-0.4, -0.2) is 50.3 Å². The fourth-order valence-electron chi connectivity index (χ4n) is 4.17. The van der Waals surface area contributed by atoms with E-state index in [-0.39, 0.29) is 10.8 Å². The number of H-pyrrole nitrogens is 1. The zero-order valence-corrected chi connectivity index (χ0v) is 20.4. The normalized spacial score (nSPS) is 15.7. The molecule has 1 aliphatic rings. The van der Waals surface area contributed by atoms with Crippen LogP contribution in [-0.2, 0) is 16.6 Å². The number of piperidine rings is 1. The topological polar surface area (TPSA) is 94.3 Å². The molecule has 0 aliphatic carbocycles. The van der Waals surface area contributed by atoms with Crippen molar-refractivity contribution in [1.29, 1.82) is 0 Å². The van der Waals surface area contributed by atoms with E-state index in [2.05, 4.69) is 15.6 Å². The van der Waals surface area contributed by atoms with Crippen molar-refractivity contribution in [2.75, 3.05) is 26.7 Å². The first kappa shape index (κ1) is 24.8. The molecule has 2 aromatic rings. The third-order valence-electron chi connectivity index (χ3n) is 6.07. The largest absolute Gasteiger partial charge is 0.354 e. The van der Waals surface area contributed by atoms with Crippen LogP contribution >= 0.6 is 11.6 Å². The number of benzene rings is 1. The molecule has 9 heteroatoms. The predicted molar refractivity (Wildman–Crippen MR) is 127 cm³/mol. The summed E-state index contributed by atoms with van der Waals surface area (Å²) in [4.78, 5) is 15.7. The van der Waals surface area contributed by atoms with Crippen LogP contribution in [0.3, 0.4) is 0 Å². The summed E-state index contributed by atoms with van der Waals surface area (Å²) in [6.07, 6.45) is 4.70. The first-order valence-corrected chi connectivity index (χ1v) is 13.0. The van der Waals surface area contributed by atoms with Gasteiger partial charge in [0.2, 0.25) is 10.0 Å². The van der Waals surface area contributed by atoms with Crippen molar-refractivity contribution in [2.24, 2.45) is 5.92 Å². The Hall–Kier alpha value is -1.87. The number of nitrogens with zero attached hydrogens (tertiary/aromatic N) is 1. The first-order chi connectivity index (χ1) is 15.3. The lowest BCUT2D eigenvalue weighted by Crippen LogP contribution is -2.38. The van der Waals surface area contributed by atoms with Crippen molar-refractivity contribution in [3.05, 3.63) is 52.3 Å². The maximum absolute atomic E-state index is 12.8. The number of aryl methyl sites for hydroxylation is 1. The Morgan fingerprint density at radius 1 is 1.22 bits per heavy atom. The fraction of sp³-hybridized carbons (Fsp3) is 0.522. The van der Waals surface area contributed by atoms with E-state index in [1.165, 1.54) is 6.07 Å². The molecule has 2 heterocycles. The summed E-state index contributed by atoms with van der Waals surface area (Å²) in [5.41, 5.74) is 2.70. The number of aromatic nitrogens is 1. The second-order valence-electron chi connectivity index (χ2n) is 8.42. The highest BCUT2D eigenvalue weighted by atomic mass is 35.5. The van der Waals surface area contributed by atoms with Crippen LogP contribution in [0.5, 0.6) is 0 Å². The second kappa shape index (κ2) is 11.3. The molecule has 0 atom stereocenters. The predicted octanol–water partition coefficient (Wildman–Crippen LogP) is 3.70. The Labute approximate surface area is 196 Å². The van der Waals surface area contributed by atoms with Crippen LogP contribution in [0.15, 0.2) is 35.2 Å². The fourth-order valence-corrected chi connectivity index (χ4v) is 5.94. The molecule has 0 radical (unpaired) electrons. The monoisotopic (exact) mass is 480 g/mol. The molecular formula is C23H33ClN4O3S. The van der Waals surface area contributed by atoms with Crippen molar-refractivity contribution >= 4 is 27.5 Å². The number of nitrogens with one attached hydrogen (secondary N) is 3. The molecule has 1 aromatic heterocycles. The summed E-state index contributed by atoms with van der Waals surface area (Å²) in [7, 11) is -1.60. The minimum absolute atomic E-state index is 0.0741. The van der Waals surface area contributed by atoms with Crippen LogP contribution in [0.25, 0.3) is 0 Å². The lowest BCUT2D eigenvalue weighted by atomic mass is 9.92. The van der Waals surface area contributed by atoms with E-state index in [0.717, 1.165) is 49.9 Å². The van der Waals surface area contributed by atoms with Crippen molar-refractivity contribution in [1.82, 2.24) is 19.9 Å². The molecule has 1 saturated heterocycles. The number of carbonyl (C=O) groups is 1. The van der Waals surface area contributed by atoms with E-state index < -0.39 is 10.0 Å². The number of amides is 1. The van der Waals surface area contributed by atoms with E-state index in [9.17, 15) is 13.2 Å². The molecule has 176 valence electrons. The Morgan fingerprint density at radius 3 is 2.66 bits per heavy atom. The van der Waals surface area contributed by atoms with Crippen molar-refractivity contribution in [2.45, 2.75) is 50.5 Å². The molecule has 32 heavy (non-hydrogen) atoms. The highest BCUT2D eigenvalue weighted by molar-refractivity contribution is 7.89. The van der Waals surface area contributed by atoms with Gasteiger partial charge < -0.3 is 15.6 Å². The minimum atomic E-state index is -3.48. The second-order valence-corrected chi connectivity index (χ2v) is 10.8. The molecule has 1 aliphatic heterocycles. The standard InChI is InChI=1S/C23H33ClN4O3S/c1-17-19(16-25-2)14-22(27-17)23(29)26-11-4-3-6-18-9-12-28(13-10-18)32(30,31)21-8-5-7-20(24)15-21/h5,7-8,14-15,18,25,27H,3-4,6,9-13,16H2,1-2H3,(H,26,29). The minimum Gasteiger partial charge on any atom is -0.354 e. The highest BCUT2D eigenvalue weighted by Gasteiger charge is 2.29. The van der Waals surface area contributed by atoms with Crippen LogP contribution in [0.4, 0.5) is 0 Å². The van der Waals surface area contributed by atoms with E-state index in [4.69, 9.17) is 11.6 Å². The number of hydrogen-bond acceptors (Lipinski definition) is 4. The van der Waals surface area contributed by atoms with Gasteiger partial charge in [-0.1, -0.05) is 30.5 Å². The lowest BCUT2D eigenvalue weighted by molar-refractivity contribution is 0.0948. The molecule has 0 bridgehead atoms. The number of aromatic amines is 1. The molecule has 1 fully saturated rings. The van der Waals surface area contributed by atoms with Gasteiger partial charge in [-0.05, 0) is 69.0 Å². The summed E-state index contributed by atoms with van der Waals surface area (Å²) in [5, 5.41) is 6.50. The molecule has 1 amide bonds. The summed E-state index contributed by atoms with van der Waals surface area (Å²) >= 11 is 5.96. The molecule has 0 unspecified atom stereocenters. The Balaban J connectivity index is 1.36. The van der Waals surface area contributed by atoms with Crippen molar-refractivity contribution in [3.63, 3.8) is 0 Å². The lowest BCUT2D eigenvalue weighted by Gasteiger charge is -2.31. The summed E-state index contributed by atoms with van der Waals surface area (Å²) in [6.45, 7) is 4.42. The van der Waals surface area contributed by atoms with Gasteiger partial charge in [0, 0.05) is 36.9 Å². The third kappa shape index (κ3) is 6.34. The average Bonchev–Trinajstić information content (AvgIpc) is 3.14. The van der Waals surface area contributed by atoms with Gasteiger partial charge in [-0.3, -0.25) is 4.79 Å². The molecular weight excluding hydrogens is 448 g/mol. The third-order valence-corrected chi connectivity index (χ3v) is 8.20. The van der Waals surface area contributed by atoms with Crippen LogP contribution in [0.1, 0.15) is 53.8 Å². The summed E-state index contributed by atoms with van der Waals surface area (Å²) < 4.78 is 27.2. The van der Waals surface area contributed by atoms with Gasteiger partial charge in [-0.15, -0.1) is 0 Å². The Kier molecular flexibility index (Phi) is 8.76. The van der Waals surface area contributed by atoms with Gasteiger partial charge in [0.25, 0.3) is 5.91 Å². The summed E-state index contributed by atoms with van der Waals surface area (Å²) in [6, 6.07) is 8.34. The first-order valence-electron chi connectivity index (χ1n) is 11.2. The smallest absolute Gasteiger partial charge is 0.267 e. The van der Waals surface area contributed by atoms with E-state index >= 15 is 0 Å². The number of carbonyl (C=O) groups excluding carboxylic acids is 1. The number of halogens is 1. The van der Waals surface area contributed by atoms with Gasteiger partial charge in [-0.25, -0.2) is 8.42 Å². The Morgan fingerprint density at radius 2 is 1.97 bits per heavy atom. The van der Waals surface area contributed by atoms with Crippen LogP contribution in [0, 0.1) is 12.8 Å².